The van der Waals surface area contributed by atoms with Crippen LogP contribution in [0.1, 0.15) is 6.92 Å². The van der Waals surface area contributed by atoms with E-state index in [0.29, 0.717) is 4.47 Å². The van der Waals surface area contributed by atoms with Crippen molar-refractivity contribution in [2.45, 2.75) is 12.2 Å². The van der Waals surface area contributed by atoms with Crippen molar-refractivity contribution < 1.29 is 18.3 Å². The molecule has 0 spiro atoms. The summed E-state index contributed by atoms with van der Waals surface area (Å²) < 4.78 is 26.0. The van der Waals surface area contributed by atoms with Crippen molar-refractivity contribution in [2.75, 3.05) is 4.72 Å². The van der Waals surface area contributed by atoms with Crippen LogP contribution in [-0.4, -0.2) is 24.7 Å². The van der Waals surface area contributed by atoms with E-state index < -0.39 is 21.2 Å². The average molecular weight is 377 g/mol. The van der Waals surface area contributed by atoms with Crippen LogP contribution in [0.2, 0.25) is 10.0 Å². The number of halogens is 3. The molecule has 0 aliphatic rings. The molecular formula is C9H8BrCl2NO4S. The van der Waals surface area contributed by atoms with Gasteiger partial charge in [0, 0.05) is 4.47 Å². The summed E-state index contributed by atoms with van der Waals surface area (Å²) in [7, 11) is -4.07. The van der Waals surface area contributed by atoms with Gasteiger partial charge < -0.3 is 5.11 Å². The van der Waals surface area contributed by atoms with Gasteiger partial charge in [-0.1, -0.05) is 23.2 Å². The number of anilines is 1. The van der Waals surface area contributed by atoms with Crippen LogP contribution in [0.5, 0.6) is 0 Å². The van der Waals surface area contributed by atoms with Gasteiger partial charge in [0.1, 0.15) is 0 Å². The number of benzene rings is 1. The van der Waals surface area contributed by atoms with E-state index in [2.05, 4.69) is 20.7 Å². The van der Waals surface area contributed by atoms with E-state index >= 15 is 0 Å². The van der Waals surface area contributed by atoms with Crippen LogP contribution in [0, 0.1) is 0 Å². The van der Waals surface area contributed by atoms with Gasteiger partial charge in [-0.15, -0.1) is 0 Å². The van der Waals surface area contributed by atoms with Crippen molar-refractivity contribution in [2.24, 2.45) is 0 Å². The van der Waals surface area contributed by atoms with Crippen LogP contribution in [0.3, 0.4) is 0 Å². The maximum absolute atomic E-state index is 11.7. The molecule has 0 saturated heterocycles. The minimum atomic E-state index is -4.07. The zero-order valence-corrected chi connectivity index (χ0v) is 12.9. The SMILES string of the molecule is CC(C(=O)O)S(=O)(=O)Nc1ccc(Br)c(Cl)c1Cl. The lowest BCUT2D eigenvalue weighted by atomic mass is 10.3. The molecule has 0 radical (unpaired) electrons. The second-order valence-corrected chi connectivity index (χ2v) is 6.96. The Labute approximate surface area is 122 Å². The van der Waals surface area contributed by atoms with Crippen molar-refractivity contribution in [3.8, 4) is 0 Å². The molecule has 0 aliphatic heterocycles. The van der Waals surface area contributed by atoms with Gasteiger partial charge >= 0.3 is 5.97 Å². The van der Waals surface area contributed by atoms with Crippen LogP contribution in [0.15, 0.2) is 16.6 Å². The smallest absolute Gasteiger partial charge is 0.323 e. The first-order chi connectivity index (χ1) is 8.16. The van der Waals surface area contributed by atoms with E-state index in [0.717, 1.165) is 6.92 Å². The molecule has 1 aromatic carbocycles. The number of carbonyl (C=O) groups is 1. The molecule has 18 heavy (non-hydrogen) atoms. The van der Waals surface area contributed by atoms with E-state index in [1.165, 1.54) is 12.1 Å². The number of rotatable bonds is 4. The highest BCUT2D eigenvalue weighted by Crippen LogP contribution is 2.36. The normalized spacial score (nSPS) is 13.1. The molecule has 0 saturated carbocycles. The maximum Gasteiger partial charge on any atom is 0.323 e. The first-order valence-corrected chi connectivity index (χ1v) is 7.64. The van der Waals surface area contributed by atoms with Crippen molar-refractivity contribution >= 4 is 60.8 Å². The van der Waals surface area contributed by atoms with Gasteiger partial charge in [0.25, 0.3) is 0 Å². The second kappa shape index (κ2) is 5.64. The standard InChI is InChI=1S/C9H8BrCl2NO4S/c1-4(9(14)15)18(16,17)13-6-3-2-5(10)7(11)8(6)12/h2-4,13H,1H3,(H,14,15). The van der Waals surface area contributed by atoms with Gasteiger partial charge in [0.15, 0.2) is 5.25 Å². The number of carboxylic acid groups (broad SMARTS) is 1. The lowest BCUT2D eigenvalue weighted by Gasteiger charge is -2.13. The van der Waals surface area contributed by atoms with Crippen LogP contribution < -0.4 is 4.72 Å². The zero-order valence-electron chi connectivity index (χ0n) is 8.95. The van der Waals surface area contributed by atoms with Crippen molar-refractivity contribution in [1.82, 2.24) is 0 Å². The van der Waals surface area contributed by atoms with E-state index in [4.69, 9.17) is 28.3 Å². The van der Waals surface area contributed by atoms with Gasteiger partial charge in [-0.3, -0.25) is 9.52 Å². The zero-order chi connectivity index (χ0) is 14.1. The van der Waals surface area contributed by atoms with Crippen LogP contribution in [0.4, 0.5) is 5.69 Å². The minimum absolute atomic E-state index is 0.00722. The van der Waals surface area contributed by atoms with Gasteiger partial charge in [-0.05, 0) is 35.0 Å². The third-order valence-corrected chi connectivity index (χ3v) is 5.51. The third kappa shape index (κ3) is 3.28. The predicted molar refractivity (Wildman–Crippen MR) is 73.8 cm³/mol. The molecule has 9 heteroatoms. The van der Waals surface area contributed by atoms with Gasteiger partial charge in [-0.2, -0.15) is 0 Å². The maximum atomic E-state index is 11.7. The van der Waals surface area contributed by atoms with Crippen molar-refractivity contribution in [3.63, 3.8) is 0 Å². The highest BCUT2D eigenvalue weighted by Gasteiger charge is 2.28. The Balaban J connectivity index is 3.13. The molecule has 1 rings (SSSR count). The summed E-state index contributed by atoms with van der Waals surface area (Å²) in [6.45, 7) is 1.05. The van der Waals surface area contributed by atoms with Gasteiger partial charge in [0.05, 0.1) is 15.7 Å². The van der Waals surface area contributed by atoms with Crippen molar-refractivity contribution in [1.29, 1.82) is 0 Å². The third-order valence-electron chi connectivity index (χ3n) is 2.10. The summed E-state index contributed by atoms with van der Waals surface area (Å²) in [5.41, 5.74) is 0.0259. The second-order valence-electron chi connectivity index (χ2n) is 3.35. The number of aliphatic carboxylic acids is 1. The molecule has 1 unspecified atom stereocenters. The van der Waals surface area contributed by atoms with Crippen LogP contribution in [-0.2, 0) is 14.8 Å². The molecule has 2 N–H and O–H groups in total. The summed E-state index contributed by atoms with van der Waals surface area (Å²) in [5, 5.41) is 7.21. The Morgan fingerprint density at radius 2 is 1.94 bits per heavy atom. The molecule has 0 aliphatic carbocycles. The van der Waals surface area contributed by atoms with E-state index in [-0.39, 0.29) is 15.7 Å². The fourth-order valence-electron chi connectivity index (χ4n) is 0.979. The number of nitrogens with one attached hydrogen (secondary N) is 1. The molecule has 1 aromatic rings. The summed E-state index contributed by atoms with van der Waals surface area (Å²) in [6.07, 6.45) is 0. The van der Waals surface area contributed by atoms with E-state index in [1.807, 2.05) is 0 Å². The molecule has 0 bridgehead atoms. The Bertz CT molecular complexity index is 590. The molecule has 0 fully saturated rings. The summed E-state index contributed by atoms with van der Waals surface area (Å²) >= 11 is 14.8. The molecule has 0 heterocycles. The summed E-state index contributed by atoms with van der Waals surface area (Å²) in [6, 6.07) is 2.88. The minimum Gasteiger partial charge on any atom is -0.480 e. The number of carboxylic acids is 1. The summed E-state index contributed by atoms with van der Waals surface area (Å²) in [4.78, 5) is 10.7. The average Bonchev–Trinajstić information content (AvgIpc) is 2.28. The Hall–Kier alpha value is -0.500. The van der Waals surface area contributed by atoms with Crippen molar-refractivity contribution in [3.05, 3.63) is 26.7 Å². The molecule has 100 valence electrons. The fourth-order valence-corrected chi connectivity index (χ4v) is 2.78. The first kappa shape index (κ1) is 15.6. The van der Waals surface area contributed by atoms with Gasteiger partial charge in [0.2, 0.25) is 10.0 Å². The number of hydrogen-bond acceptors (Lipinski definition) is 3. The van der Waals surface area contributed by atoms with Crippen LogP contribution in [0.25, 0.3) is 0 Å². The number of hydrogen-bond donors (Lipinski definition) is 2. The Morgan fingerprint density at radius 1 is 1.39 bits per heavy atom. The van der Waals surface area contributed by atoms with E-state index in [1.54, 1.807) is 0 Å². The lowest BCUT2D eigenvalue weighted by molar-refractivity contribution is -0.136. The molecule has 1 atom stereocenters. The topological polar surface area (TPSA) is 83.5 Å². The number of sulfonamides is 1. The largest absolute Gasteiger partial charge is 0.480 e. The Kier molecular flexibility index (Phi) is 4.88. The first-order valence-electron chi connectivity index (χ1n) is 4.54. The molecular weight excluding hydrogens is 369 g/mol. The quantitative estimate of drug-likeness (QED) is 0.791. The summed E-state index contributed by atoms with van der Waals surface area (Å²) in [5.74, 6) is -1.46. The highest BCUT2D eigenvalue weighted by molar-refractivity contribution is 9.10. The van der Waals surface area contributed by atoms with Gasteiger partial charge in [-0.25, -0.2) is 8.42 Å². The fraction of sp³-hybridized carbons (Fsp3) is 0.222. The molecule has 5 nitrogen and oxygen atoms in total. The van der Waals surface area contributed by atoms with E-state index in [9.17, 15) is 13.2 Å². The monoisotopic (exact) mass is 375 g/mol. The van der Waals surface area contributed by atoms with Crippen LogP contribution >= 0.6 is 39.1 Å². The predicted octanol–water partition coefficient (Wildman–Crippen LogP) is 2.97. The lowest BCUT2D eigenvalue weighted by Crippen LogP contribution is -2.32. The highest BCUT2D eigenvalue weighted by atomic mass is 79.9. The molecule has 0 amide bonds. The Morgan fingerprint density at radius 3 is 2.44 bits per heavy atom. The molecule has 0 aromatic heterocycles.